The van der Waals surface area contributed by atoms with Gasteiger partial charge >= 0.3 is 0 Å². The monoisotopic (exact) mass is 330 g/mol. The van der Waals surface area contributed by atoms with E-state index in [1.54, 1.807) is 12.5 Å². The molecule has 0 amide bonds. The summed E-state index contributed by atoms with van der Waals surface area (Å²) in [4.78, 5) is 4.06. The summed E-state index contributed by atoms with van der Waals surface area (Å²) in [6.07, 6.45) is 13.6. The summed E-state index contributed by atoms with van der Waals surface area (Å²) < 4.78 is 1.97. The topological polar surface area (TPSA) is 38.0 Å². The molecule has 0 aliphatic heterocycles. The highest BCUT2D eigenvalue weighted by Crippen LogP contribution is 2.20. The molecule has 126 valence electrons. The van der Waals surface area contributed by atoms with Gasteiger partial charge in [0.2, 0.25) is 0 Å². The highest BCUT2D eigenvalue weighted by Gasteiger charge is 2.19. The molecule has 1 N–H and O–H groups in total. The maximum atomic E-state index is 11.1. The summed E-state index contributed by atoms with van der Waals surface area (Å²) in [5, 5.41) is 11.1. The molecule has 1 unspecified atom stereocenters. The number of rotatable bonds is 7. The van der Waals surface area contributed by atoms with Gasteiger partial charge in [-0.2, -0.15) is 0 Å². The van der Waals surface area contributed by atoms with Gasteiger partial charge in [-0.05, 0) is 23.3 Å². The predicted molar refractivity (Wildman–Crippen MR) is 103 cm³/mol. The number of aryl methyl sites for hydroxylation is 1. The number of hydrogen-bond acceptors (Lipinski definition) is 2. The van der Waals surface area contributed by atoms with Crippen LogP contribution in [0.3, 0.4) is 0 Å². The van der Waals surface area contributed by atoms with Crippen LogP contribution in [0.5, 0.6) is 0 Å². The summed E-state index contributed by atoms with van der Waals surface area (Å²) in [6, 6.07) is 20.0. The molecule has 3 heteroatoms. The Morgan fingerprint density at radius 1 is 0.880 bits per heavy atom. The van der Waals surface area contributed by atoms with E-state index in [1.165, 1.54) is 0 Å². The lowest BCUT2D eigenvalue weighted by atomic mass is 9.96. The molecule has 0 fully saturated rings. The number of nitrogens with zero attached hydrogens (tertiary/aromatic N) is 2. The Bertz CT molecular complexity index is 756. The van der Waals surface area contributed by atoms with E-state index in [1.807, 2.05) is 95.7 Å². The molecule has 0 saturated carbocycles. The van der Waals surface area contributed by atoms with E-state index < -0.39 is 5.60 Å². The molecule has 0 saturated heterocycles. The molecule has 3 rings (SSSR count). The maximum Gasteiger partial charge on any atom is 0.103 e. The Morgan fingerprint density at radius 3 is 1.92 bits per heavy atom. The Hall–Kier alpha value is -2.91. The van der Waals surface area contributed by atoms with Gasteiger partial charge in [-0.1, -0.05) is 72.8 Å². The molecule has 2 aromatic carbocycles. The summed E-state index contributed by atoms with van der Waals surface area (Å²) in [5.74, 6) is 0. The lowest BCUT2D eigenvalue weighted by Gasteiger charge is -2.21. The van der Waals surface area contributed by atoms with Crippen molar-refractivity contribution in [1.29, 1.82) is 0 Å². The van der Waals surface area contributed by atoms with Gasteiger partial charge in [-0.25, -0.2) is 4.98 Å². The first-order valence-corrected chi connectivity index (χ1v) is 8.40. The van der Waals surface area contributed by atoms with E-state index in [2.05, 4.69) is 4.98 Å². The SMILES string of the molecule is OC(/C=C\c1ccccc1)(/C=C/c1ccccc1)CCn1ccnc1. The van der Waals surface area contributed by atoms with Gasteiger partial charge in [0.05, 0.1) is 6.33 Å². The lowest BCUT2D eigenvalue weighted by molar-refractivity contribution is 0.128. The van der Waals surface area contributed by atoms with Gasteiger partial charge in [0.25, 0.3) is 0 Å². The second kappa shape index (κ2) is 8.27. The van der Waals surface area contributed by atoms with Crippen molar-refractivity contribution in [3.05, 3.63) is 103 Å². The quantitative estimate of drug-likeness (QED) is 0.696. The number of benzene rings is 2. The third-order valence-corrected chi connectivity index (χ3v) is 4.06. The van der Waals surface area contributed by atoms with Crippen molar-refractivity contribution in [3.8, 4) is 0 Å². The fraction of sp³-hybridized carbons (Fsp3) is 0.136. The average molecular weight is 330 g/mol. The first-order chi connectivity index (χ1) is 12.2. The van der Waals surface area contributed by atoms with E-state index in [0.717, 1.165) is 11.1 Å². The molecule has 1 atom stereocenters. The van der Waals surface area contributed by atoms with Crippen molar-refractivity contribution in [3.63, 3.8) is 0 Å². The molecule has 0 radical (unpaired) electrons. The van der Waals surface area contributed by atoms with E-state index in [9.17, 15) is 5.11 Å². The van der Waals surface area contributed by atoms with Crippen LogP contribution in [-0.2, 0) is 6.54 Å². The summed E-state index contributed by atoms with van der Waals surface area (Å²) in [7, 11) is 0. The predicted octanol–water partition coefficient (Wildman–Crippen LogP) is 4.43. The van der Waals surface area contributed by atoms with Crippen molar-refractivity contribution in [2.45, 2.75) is 18.6 Å². The number of aliphatic hydroxyl groups is 1. The Morgan fingerprint density at radius 2 is 1.44 bits per heavy atom. The zero-order valence-corrected chi connectivity index (χ0v) is 14.1. The lowest BCUT2D eigenvalue weighted by Crippen LogP contribution is -2.24. The molecule has 3 nitrogen and oxygen atoms in total. The fourth-order valence-corrected chi connectivity index (χ4v) is 2.56. The van der Waals surface area contributed by atoms with Crippen LogP contribution in [0.2, 0.25) is 0 Å². The van der Waals surface area contributed by atoms with Crippen LogP contribution in [-0.4, -0.2) is 20.3 Å². The van der Waals surface area contributed by atoms with Crippen LogP contribution in [0.1, 0.15) is 17.5 Å². The van der Waals surface area contributed by atoms with E-state index >= 15 is 0 Å². The minimum absolute atomic E-state index is 0.566. The minimum atomic E-state index is -1.03. The molecule has 0 spiro atoms. The van der Waals surface area contributed by atoms with Crippen LogP contribution < -0.4 is 0 Å². The molecule has 0 aliphatic rings. The van der Waals surface area contributed by atoms with Crippen LogP contribution in [0.15, 0.2) is 91.5 Å². The summed E-state index contributed by atoms with van der Waals surface area (Å²) >= 11 is 0. The van der Waals surface area contributed by atoms with Crippen LogP contribution in [0, 0.1) is 0 Å². The number of imidazole rings is 1. The molecule has 0 aliphatic carbocycles. The van der Waals surface area contributed by atoms with Crippen molar-refractivity contribution < 1.29 is 5.11 Å². The zero-order valence-electron chi connectivity index (χ0n) is 14.1. The molecular formula is C22H22N2O. The van der Waals surface area contributed by atoms with E-state index in [-0.39, 0.29) is 0 Å². The molecule has 0 bridgehead atoms. The van der Waals surface area contributed by atoms with Gasteiger partial charge in [0, 0.05) is 25.4 Å². The first-order valence-electron chi connectivity index (χ1n) is 8.40. The van der Waals surface area contributed by atoms with Gasteiger partial charge < -0.3 is 9.67 Å². The zero-order chi connectivity index (χ0) is 17.4. The second-order valence-corrected chi connectivity index (χ2v) is 6.03. The largest absolute Gasteiger partial charge is 0.382 e. The Labute approximate surface area is 148 Å². The molecule has 1 aromatic heterocycles. The molecule has 1 heterocycles. The normalized spacial score (nSPS) is 14.1. The third-order valence-electron chi connectivity index (χ3n) is 4.06. The van der Waals surface area contributed by atoms with Crippen LogP contribution in [0.4, 0.5) is 0 Å². The highest BCUT2D eigenvalue weighted by atomic mass is 16.3. The van der Waals surface area contributed by atoms with Gasteiger partial charge in [0.1, 0.15) is 5.60 Å². The number of aromatic nitrogens is 2. The fourth-order valence-electron chi connectivity index (χ4n) is 2.56. The van der Waals surface area contributed by atoms with E-state index in [0.29, 0.717) is 13.0 Å². The van der Waals surface area contributed by atoms with Crippen molar-refractivity contribution >= 4 is 12.2 Å². The maximum absolute atomic E-state index is 11.1. The smallest absolute Gasteiger partial charge is 0.103 e. The summed E-state index contributed by atoms with van der Waals surface area (Å²) in [5.41, 5.74) is 1.10. The Balaban J connectivity index is 1.79. The molecule has 3 aromatic rings. The number of hydrogen-bond donors (Lipinski definition) is 1. The third kappa shape index (κ3) is 5.30. The van der Waals surface area contributed by atoms with Gasteiger partial charge in [-0.15, -0.1) is 0 Å². The van der Waals surface area contributed by atoms with Crippen molar-refractivity contribution in [2.24, 2.45) is 0 Å². The summed E-state index contributed by atoms with van der Waals surface area (Å²) in [6.45, 7) is 0.689. The Kier molecular flexibility index (Phi) is 5.60. The molecular weight excluding hydrogens is 308 g/mol. The van der Waals surface area contributed by atoms with Crippen molar-refractivity contribution in [2.75, 3.05) is 0 Å². The van der Waals surface area contributed by atoms with Gasteiger partial charge in [-0.3, -0.25) is 0 Å². The second-order valence-electron chi connectivity index (χ2n) is 6.03. The van der Waals surface area contributed by atoms with Crippen LogP contribution >= 0.6 is 0 Å². The van der Waals surface area contributed by atoms with Crippen molar-refractivity contribution in [1.82, 2.24) is 9.55 Å². The first kappa shape index (κ1) is 16.9. The van der Waals surface area contributed by atoms with Crippen LogP contribution in [0.25, 0.3) is 12.2 Å². The average Bonchev–Trinajstić information content (AvgIpc) is 3.19. The molecule has 25 heavy (non-hydrogen) atoms. The van der Waals surface area contributed by atoms with E-state index in [4.69, 9.17) is 0 Å². The van der Waals surface area contributed by atoms with Gasteiger partial charge in [0.15, 0.2) is 0 Å². The minimum Gasteiger partial charge on any atom is -0.382 e. The highest BCUT2D eigenvalue weighted by molar-refractivity contribution is 5.55. The standard InChI is InChI=1S/C22H22N2O/c25-22(15-17-24-18-16-23-19-24,13-11-20-7-3-1-4-8-20)14-12-21-9-5-2-6-10-21/h1-14,16,18-19,25H,15,17H2/b13-11-,14-12+.